The molecule has 64 valence electrons. The van der Waals surface area contributed by atoms with Gasteiger partial charge in [0, 0.05) is 0 Å². The van der Waals surface area contributed by atoms with Gasteiger partial charge in [-0.1, -0.05) is 0 Å². The smallest absolute Gasteiger partial charge is 0.243 e. The van der Waals surface area contributed by atoms with Gasteiger partial charge in [-0.3, -0.25) is 14.9 Å². The Morgan fingerprint density at radius 3 is 2.91 bits per heavy atom. The second-order valence-corrected chi connectivity index (χ2v) is 3.00. The molecule has 0 aliphatic heterocycles. The normalized spacial score (nSPS) is 12.2. The molecule has 0 fully saturated rings. The Hall–Kier alpha value is -0.550. The summed E-state index contributed by atoms with van der Waals surface area (Å²) in [4.78, 5) is 20.6. The first kappa shape index (κ1) is 10.4. The number of thioether (sulfide) groups is 1. The van der Waals surface area contributed by atoms with Crippen molar-refractivity contribution in [2.45, 2.75) is 12.5 Å². The quantitative estimate of drug-likeness (QED) is 0.545. The van der Waals surface area contributed by atoms with Gasteiger partial charge in [0.25, 0.3) is 0 Å². The second kappa shape index (κ2) is 6.18. The van der Waals surface area contributed by atoms with Crippen LogP contribution in [0.2, 0.25) is 0 Å². The van der Waals surface area contributed by atoms with Crippen molar-refractivity contribution in [1.82, 2.24) is 5.32 Å². The number of rotatable bonds is 5. The molecular weight excluding hydrogens is 164 g/mol. The lowest BCUT2D eigenvalue weighted by atomic mass is 10.2. The monoisotopic (exact) mass is 176 g/mol. The summed E-state index contributed by atoms with van der Waals surface area (Å²) in [5.41, 5.74) is 5.41. The van der Waals surface area contributed by atoms with E-state index in [1.807, 2.05) is 11.6 Å². The Morgan fingerprint density at radius 2 is 2.45 bits per heavy atom. The van der Waals surface area contributed by atoms with E-state index in [0.29, 0.717) is 12.8 Å². The molecule has 0 aliphatic rings. The molecule has 3 N–H and O–H groups in total. The van der Waals surface area contributed by atoms with E-state index < -0.39 is 11.9 Å². The van der Waals surface area contributed by atoms with Crippen LogP contribution >= 0.6 is 11.8 Å². The van der Waals surface area contributed by atoms with Gasteiger partial charge in [-0.25, -0.2) is 0 Å². The summed E-state index contributed by atoms with van der Waals surface area (Å²) in [5, 5.41) is 2.00. The number of carbonyl (C=O) groups is 2. The molecule has 0 heterocycles. The van der Waals surface area contributed by atoms with Crippen LogP contribution < -0.4 is 11.1 Å². The summed E-state index contributed by atoms with van der Waals surface area (Å²) in [5.74, 6) is 0.419. The van der Waals surface area contributed by atoms with Crippen LogP contribution in [0.15, 0.2) is 0 Å². The lowest BCUT2D eigenvalue weighted by Gasteiger charge is -2.06. The lowest BCUT2D eigenvalue weighted by molar-refractivity contribution is -0.126. The van der Waals surface area contributed by atoms with Crippen molar-refractivity contribution in [3.8, 4) is 0 Å². The maximum atomic E-state index is 10.8. The van der Waals surface area contributed by atoms with E-state index in [9.17, 15) is 9.59 Å². The van der Waals surface area contributed by atoms with E-state index >= 15 is 0 Å². The zero-order chi connectivity index (χ0) is 8.69. The Kier molecular flexibility index (Phi) is 5.87. The summed E-state index contributed by atoms with van der Waals surface area (Å²) < 4.78 is 0. The molecule has 0 saturated carbocycles. The average Bonchev–Trinajstić information content (AvgIpc) is 2.00. The van der Waals surface area contributed by atoms with Crippen LogP contribution in [-0.4, -0.2) is 30.4 Å². The first-order valence-corrected chi connectivity index (χ1v) is 4.60. The van der Waals surface area contributed by atoms with Gasteiger partial charge < -0.3 is 5.73 Å². The molecule has 0 spiro atoms. The third-order valence-corrected chi connectivity index (χ3v) is 1.81. The minimum Gasteiger partial charge on any atom is -0.320 e. The van der Waals surface area contributed by atoms with Gasteiger partial charge in [-0.2, -0.15) is 11.8 Å². The Morgan fingerprint density at radius 1 is 1.82 bits per heavy atom. The summed E-state index contributed by atoms with van der Waals surface area (Å²) in [7, 11) is 0. The number of nitrogens with one attached hydrogen (secondary N) is 1. The van der Waals surface area contributed by atoms with Crippen molar-refractivity contribution < 1.29 is 9.59 Å². The molecule has 0 bridgehead atoms. The van der Waals surface area contributed by atoms with Gasteiger partial charge >= 0.3 is 0 Å². The molecule has 0 radical (unpaired) electrons. The largest absolute Gasteiger partial charge is 0.320 e. The van der Waals surface area contributed by atoms with Crippen LogP contribution in [0, 0.1) is 0 Å². The predicted molar refractivity (Wildman–Crippen MR) is 45.2 cm³/mol. The molecule has 11 heavy (non-hydrogen) atoms. The first-order chi connectivity index (χ1) is 5.22. The molecule has 5 heteroatoms. The topological polar surface area (TPSA) is 72.2 Å². The van der Waals surface area contributed by atoms with Gasteiger partial charge in [0.05, 0.1) is 6.04 Å². The fourth-order valence-corrected chi connectivity index (χ4v) is 1.03. The van der Waals surface area contributed by atoms with E-state index in [-0.39, 0.29) is 0 Å². The Bertz CT molecular complexity index is 141. The first-order valence-electron chi connectivity index (χ1n) is 3.21. The van der Waals surface area contributed by atoms with Crippen molar-refractivity contribution >= 4 is 24.1 Å². The van der Waals surface area contributed by atoms with E-state index in [1.54, 1.807) is 11.8 Å². The highest BCUT2D eigenvalue weighted by atomic mass is 32.2. The molecule has 0 aromatic carbocycles. The fraction of sp³-hybridized carbons (Fsp3) is 0.667. The van der Waals surface area contributed by atoms with Gasteiger partial charge in [-0.05, 0) is 18.4 Å². The molecule has 2 amide bonds. The van der Waals surface area contributed by atoms with Gasteiger partial charge in [0.15, 0.2) is 0 Å². The lowest BCUT2D eigenvalue weighted by Crippen LogP contribution is -2.40. The molecule has 1 atom stereocenters. The van der Waals surface area contributed by atoms with Crippen LogP contribution in [0.3, 0.4) is 0 Å². The van der Waals surface area contributed by atoms with E-state index in [0.717, 1.165) is 5.75 Å². The van der Waals surface area contributed by atoms with Gasteiger partial charge in [-0.15, -0.1) is 0 Å². The highest BCUT2D eigenvalue weighted by Gasteiger charge is 2.10. The third kappa shape index (κ3) is 4.80. The summed E-state index contributed by atoms with van der Waals surface area (Å²) in [6.45, 7) is 0. The van der Waals surface area contributed by atoms with Gasteiger partial charge in [0.1, 0.15) is 0 Å². The molecule has 0 rings (SSSR count). The fourth-order valence-electron chi connectivity index (χ4n) is 0.541. The van der Waals surface area contributed by atoms with Crippen LogP contribution in [0.5, 0.6) is 0 Å². The molecule has 0 aromatic heterocycles. The average molecular weight is 176 g/mol. The third-order valence-electron chi connectivity index (χ3n) is 1.17. The minimum absolute atomic E-state index is 0.348. The Balaban J connectivity index is 3.54. The van der Waals surface area contributed by atoms with Crippen molar-refractivity contribution in [2.75, 3.05) is 12.0 Å². The molecule has 0 aromatic rings. The van der Waals surface area contributed by atoms with E-state index in [4.69, 9.17) is 5.73 Å². The maximum absolute atomic E-state index is 10.8. The summed E-state index contributed by atoms with van der Waals surface area (Å²) >= 11 is 1.62. The standard InChI is InChI=1S/C6H12N2O2S/c1-11-3-2-5(7)6(10)8-4-9/h4-5H,2-3,7H2,1H3,(H,8,9,10)/t5-/m0/s1. The Labute approximate surface area is 69.9 Å². The zero-order valence-electron chi connectivity index (χ0n) is 6.37. The molecular formula is C6H12N2O2S. The number of hydrogen-bond acceptors (Lipinski definition) is 4. The molecule has 0 saturated heterocycles. The van der Waals surface area contributed by atoms with Crippen LogP contribution in [0.25, 0.3) is 0 Å². The molecule has 4 nitrogen and oxygen atoms in total. The minimum atomic E-state index is -0.562. The number of amides is 2. The van der Waals surface area contributed by atoms with Crippen LogP contribution in [-0.2, 0) is 9.59 Å². The van der Waals surface area contributed by atoms with Crippen molar-refractivity contribution in [2.24, 2.45) is 5.73 Å². The zero-order valence-corrected chi connectivity index (χ0v) is 7.19. The van der Waals surface area contributed by atoms with Gasteiger partial charge in [0.2, 0.25) is 12.3 Å². The van der Waals surface area contributed by atoms with E-state index in [1.165, 1.54) is 0 Å². The summed E-state index contributed by atoms with van der Waals surface area (Å²) in [6.07, 6.45) is 2.88. The number of nitrogens with two attached hydrogens (primary N) is 1. The number of hydrogen-bond donors (Lipinski definition) is 2. The maximum Gasteiger partial charge on any atom is 0.243 e. The van der Waals surface area contributed by atoms with Crippen molar-refractivity contribution in [3.05, 3.63) is 0 Å². The van der Waals surface area contributed by atoms with Crippen LogP contribution in [0.1, 0.15) is 6.42 Å². The number of imide groups is 1. The predicted octanol–water partition coefficient (Wildman–Crippen LogP) is -0.661. The highest BCUT2D eigenvalue weighted by Crippen LogP contribution is 1.97. The highest BCUT2D eigenvalue weighted by molar-refractivity contribution is 7.98. The second-order valence-electron chi connectivity index (χ2n) is 2.01. The number of carbonyl (C=O) groups excluding carboxylic acids is 2. The molecule has 0 unspecified atom stereocenters. The van der Waals surface area contributed by atoms with Crippen molar-refractivity contribution in [3.63, 3.8) is 0 Å². The SMILES string of the molecule is CSCC[C@H](N)C(=O)NC=O. The van der Waals surface area contributed by atoms with Crippen LogP contribution in [0.4, 0.5) is 0 Å². The summed E-state index contributed by atoms with van der Waals surface area (Å²) in [6, 6.07) is -0.562. The molecule has 0 aliphatic carbocycles. The van der Waals surface area contributed by atoms with Crippen molar-refractivity contribution in [1.29, 1.82) is 0 Å². The van der Waals surface area contributed by atoms with E-state index in [2.05, 4.69) is 0 Å².